The molecule has 0 saturated heterocycles. The van der Waals surface area contributed by atoms with Gasteiger partial charge in [0.1, 0.15) is 5.82 Å². The summed E-state index contributed by atoms with van der Waals surface area (Å²) in [6.07, 6.45) is 0.786. The molecule has 1 nitrogen and oxygen atoms in total. The molecule has 0 aliphatic carbocycles. The first-order valence-corrected chi connectivity index (χ1v) is 7.63. The molecule has 0 bridgehead atoms. The van der Waals surface area contributed by atoms with Gasteiger partial charge in [-0.25, -0.2) is 4.39 Å². The lowest BCUT2D eigenvalue weighted by Gasteiger charge is -2.21. The maximum absolute atomic E-state index is 13.3. The maximum atomic E-state index is 13.3. The van der Waals surface area contributed by atoms with Crippen molar-refractivity contribution in [3.8, 4) is 0 Å². The van der Waals surface area contributed by atoms with E-state index in [9.17, 15) is 4.39 Å². The Bertz CT molecular complexity index is 583. The highest BCUT2D eigenvalue weighted by molar-refractivity contribution is 9.10. The number of nitrogens with one attached hydrogen (secondary N) is 1. The zero-order chi connectivity index (χ0) is 14.5. The smallest absolute Gasteiger partial charge is 0.123 e. The highest BCUT2D eigenvalue weighted by atomic mass is 79.9. The zero-order valence-corrected chi connectivity index (χ0v) is 13.4. The predicted molar refractivity (Wildman–Crippen MR) is 85.4 cm³/mol. The fraction of sp³-hybridized carbons (Fsp3) is 0.294. The minimum atomic E-state index is -0.176. The molecular weight excluding hydrogens is 317 g/mol. The van der Waals surface area contributed by atoms with E-state index in [1.54, 1.807) is 12.1 Å². The van der Waals surface area contributed by atoms with Crippen molar-refractivity contribution in [1.29, 1.82) is 0 Å². The number of rotatable bonds is 5. The van der Waals surface area contributed by atoms with Crippen LogP contribution in [-0.4, -0.2) is 6.54 Å². The van der Waals surface area contributed by atoms with E-state index in [1.165, 1.54) is 17.2 Å². The van der Waals surface area contributed by atoms with Crippen LogP contribution in [0.25, 0.3) is 0 Å². The van der Waals surface area contributed by atoms with Gasteiger partial charge < -0.3 is 5.32 Å². The largest absolute Gasteiger partial charge is 0.310 e. The Morgan fingerprint density at radius 1 is 1.20 bits per heavy atom. The Balaban J connectivity index is 2.26. The van der Waals surface area contributed by atoms with Crippen molar-refractivity contribution in [2.45, 2.75) is 26.3 Å². The second kappa shape index (κ2) is 7.00. The molecule has 1 unspecified atom stereocenters. The molecule has 0 saturated carbocycles. The van der Waals surface area contributed by atoms with Gasteiger partial charge in [-0.2, -0.15) is 0 Å². The summed E-state index contributed by atoms with van der Waals surface area (Å²) in [4.78, 5) is 0. The molecule has 3 heteroatoms. The van der Waals surface area contributed by atoms with E-state index in [0.717, 1.165) is 23.0 Å². The summed E-state index contributed by atoms with van der Waals surface area (Å²) in [5.41, 5.74) is 3.51. The fourth-order valence-electron chi connectivity index (χ4n) is 2.47. The van der Waals surface area contributed by atoms with E-state index in [0.29, 0.717) is 0 Å². The molecule has 106 valence electrons. The van der Waals surface area contributed by atoms with Crippen molar-refractivity contribution >= 4 is 15.9 Å². The Hall–Kier alpha value is -1.19. The molecule has 2 aromatic carbocycles. The number of likely N-dealkylation sites (N-methyl/N-ethyl adjacent to an activating group) is 1. The number of halogens is 2. The molecule has 2 rings (SSSR count). The summed E-state index contributed by atoms with van der Waals surface area (Å²) in [5, 5.41) is 3.49. The molecule has 0 aliphatic rings. The second-order valence-electron chi connectivity index (χ2n) is 4.95. The van der Waals surface area contributed by atoms with E-state index >= 15 is 0 Å². The molecule has 20 heavy (non-hydrogen) atoms. The van der Waals surface area contributed by atoms with Crippen molar-refractivity contribution in [3.05, 3.63) is 69.4 Å². The maximum Gasteiger partial charge on any atom is 0.123 e. The Morgan fingerprint density at radius 3 is 2.65 bits per heavy atom. The van der Waals surface area contributed by atoms with Crippen molar-refractivity contribution in [1.82, 2.24) is 5.32 Å². The van der Waals surface area contributed by atoms with Crippen LogP contribution in [0.1, 0.15) is 29.7 Å². The van der Waals surface area contributed by atoms with Crippen LogP contribution in [-0.2, 0) is 6.42 Å². The Kier molecular flexibility index (Phi) is 5.32. The van der Waals surface area contributed by atoms with Crippen molar-refractivity contribution in [2.75, 3.05) is 6.54 Å². The van der Waals surface area contributed by atoms with E-state index in [2.05, 4.69) is 53.3 Å². The average molecular weight is 336 g/mol. The number of hydrogen-bond acceptors (Lipinski definition) is 1. The molecule has 2 aromatic rings. The van der Waals surface area contributed by atoms with Crippen LogP contribution in [0.15, 0.2) is 46.9 Å². The summed E-state index contributed by atoms with van der Waals surface area (Å²) in [5.74, 6) is -0.176. The molecule has 1 atom stereocenters. The third kappa shape index (κ3) is 3.90. The summed E-state index contributed by atoms with van der Waals surface area (Å²) in [6.45, 7) is 5.08. The normalized spacial score (nSPS) is 12.4. The zero-order valence-electron chi connectivity index (χ0n) is 11.8. The Labute approximate surface area is 128 Å². The molecule has 0 spiro atoms. The van der Waals surface area contributed by atoms with Crippen LogP contribution in [0.3, 0.4) is 0 Å². The average Bonchev–Trinajstić information content (AvgIpc) is 2.38. The fourth-order valence-corrected chi connectivity index (χ4v) is 2.94. The number of benzene rings is 2. The monoisotopic (exact) mass is 335 g/mol. The summed E-state index contributed by atoms with van der Waals surface area (Å²) in [7, 11) is 0. The third-order valence-corrected chi connectivity index (χ3v) is 3.88. The van der Waals surface area contributed by atoms with Crippen LogP contribution in [0.4, 0.5) is 4.39 Å². The summed E-state index contributed by atoms with van der Waals surface area (Å²) in [6, 6.07) is 13.3. The topological polar surface area (TPSA) is 12.0 Å². The minimum absolute atomic E-state index is 0.176. The Morgan fingerprint density at radius 2 is 2.00 bits per heavy atom. The first-order valence-electron chi connectivity index (χ1n) is 6.84. The number of hydrogen-bond donors (Lipinski definition) is 1. The molecule has 0 fully saturated rings. The molecule has 0 aromatic heterocycles. The lowest BCUT2D eigenvalue weighted by atomic mass is 9.95. The van der Waals surface area contributed by atoms with Gasteiger partial charge >= 0.3 is 0 Å². The van der Waals surface area contributed by atoms with Crippen LogP contribution < -0.4 is 5.32 Å². The molecule has 0 aliphatic heterocycles. The summed E-state index contributed by atoms with van der Waals surface area (Å²) < 4.78 is 14.4. The standard InChI is InChI=1S/C17H19BrFN/c1-3-20-17(11-13-5-4-6-15(19)10-13)16-8-7-14(18)9-12(16)2/h4-10,17,20H,3,11H2,1-2H3. The summed E-state index contributed by atoms with van der Waals surface area (Å²) >= 11 is 3.49. The van der Waals surface area contributed by atoms with Gasteiger partial charge in [0.2, 0.25) is 0 Å². The van der Waals surface area contributed by atoms with Crippen molar-refractivity contribution in [2.24, 2.45) is 0 Å². The van der Waals surface area contributed by atoms with Crippen LogP contribution in [0.2, 0.25) is 0 Å². The van der Waals surface area contributed by atoms with Gasteiger partial charge in [0.25, 0.3) is 0 Å². The van der Waals surface area contributed by atoms with Gasteiger partial charge in [0.05, 0.1) is 0 Å². The molecular formula is C17H19BrFN. The van der Waals surface area contributed by atoms with Gasteiger partial charge in [-0.05, 0) is 60.8 Å². The molecule has 0 amide bonds. The SMILES string of the molecule is CCNC(Cc1cccc(F)c1)c1ccc(Br)cc1C. The highest BCUT2D eigenvalue weighted by Crippen LogP contribution is 2.24. The van der Waals surface area contributed by atoms with E-state index in [4.69, 9.17) is 0 Å². The van der Waals surface area contributed by atoms with E-state index in [-0.39, 0.29) is 11.9 Å². The van der Waals surface area contributed by atoms with Crippen molar-refractivity contribution in [3.63, 3.8) is 0 Å². The minimum Gasteiger partial charge on any atom is -0.310 e. The van der Waals surface area contributed by atoms with Crippen LogP contribution in [0, 0.1) is 12.7 Å². The van der Waals surface area contributed by atoms with Crippen LogP contribution >= 0.6 is 15.9 Å². The molecule has 0 heterocycles. The van der Waals surface area contributed by atoms with Crippen molar-refractivity contribution < 1.29 is 4.39 Å². The van der Waals surface area contributed by atoms with Gasteiger partial charge in [0, 0.05) is 10.5 Å². The van der Waals surface area contributed by atoms with E-state index < -0.39 is 0 Å². The second-order valence-corrected chi connectivity index (χ2v) is 5.86. The lowest BCUT2D eigenvalue weighted by Crippen LogP contribution is -2.23. The van der Waals surface area contributed by atoms with Gasteiger partial charge in [0.15, 0.2) is 0 Å². The third-order valence-electron chi connectivity index (χ3n) is 3.39. The number of aryl methyl sites for hydroxylation is 1. The lowest BCUT2D eigenvalue weighted by molar-refractivity contribution is 0.544. The van der Waals surface area contributed by atoms with Gasteiger partial charge in [-0.1, -0.05) is 41.1 Å². The van der Waals surface area contributed by atoms with Crippen LogP contribution in [0.5, 0.6) is 0 Å². The molecule has 1 N–H and O–H groups in total. The first kappa shape index (κ1) is 15.2. The molecule has 0 radical (unpaired) electrons. The quantitative estimate of drug-likeness (QED) is 0.828. The first-order chi connectivity index (χ1) is 9.60. The van der Waals surface area contributed by atoms with Gasteiger partial charge in [-0.3, -0.25) is 0 Å². The highest BCUT2D eigenvalue weighted by Gasteiger charge is 2.14. The van der Waals surface area contributed by atoms with E-state index in [1.807, 2.05) is 6.07 Å². The predicted octanol–water partition coefficient (Wildman–Crippen LogP) is 4.79. The van der Waals surface area contributed by atoms with Gasteiger partial charge in [-0.15, -0.1) is 0 Å².